The van der Waals surface area contributed by atoms with E-state index in [9.17, 15) is 28.7 Å². The molecule has 0 rings (SSSR count). The molecule has 0 bridgehead atoms. The first-order valence-corrected chi connectivity index (χ1v) is 4.38. The first kappa shape index (κ1) is 23.6. The molecule has 0 radical (unpaired) electrons. The quantitative estimate of drug-likeness (QED) is 0.357. The molecule has 0 amide bonds. The Labute approximate surface area is 102 Å². The van der Waals surface area contributed by atoms with E-state index in [0.29, 0.717) is 0 Å². The van der Waals surface area contributed by atoms with Gasteiger partial charge in [-0.25, -0.2) is 0 Å². The Morgan fingerprint density at radius 2 is 1.08 bits per heavy atom. The van der Waals surface area contributed by atoms with Crippen molar-refractivity contribution in [1.82, 2.24) is 0 Å². The summed E-state index contributed by atoms with van der Waals surface area (Å²) in [7, 11) is -11.4. The van der Waals surface area contributed by atoms with Crippen LogP contribution in [0.5, 0.6) is 0 Å². The molecule has 0 aliphatic carbocycles. The summed E-state index contributed by atoms with van der Waals surface area (Å²) in [6, 6.07) is 0. The molecule has 0 aliphatic rings. The van der Waals surface area contributed by atoms with E-state index in [1.165, 1.54) is 0 Å². The van der Waals surface area contributed by atoms with Gasteiger partial charge in [0.15, 0.2) is 0 Å². The van der Waals surface area contributed by atoms with Crippen LogP contribution < -0.4 is 38.4 Å². The van der Waals surface area contributed by atoms with Crippen LogP contribution in [-0.2, 0) is 30.5 Å². The van der Waals surface area contributed by atoms with Crippen LogP contribution in [-0.4, -0.2) is 17.4 Å². The van der Waals surface area contributed by atoms with E-state index in [-0.39, 0.29) is 53.3 Å². The molecule has 7 nitrogen and oxygen atoms in total. The molecule has 64 valence electrons. The van der Waals surface area contributed by atoms with Crippen LogP contribution in [0.3, 0.4) is 0 Å². The van der Waals surface area contributed by atoms with Crippen LogP contribution in [0.4, 0.5) is 0 Å². The summed E-state index contributed by atoms with van der Waals surface area (Å²) in [5.74, 6) is 0. The zero-order valence-electron chi connectivity index (χ0n) is 5.68. The molecule has 0 saturated carbocycles. The van der Waals surface area contributed by atoms with Gasteiger partial charge in [0.2, 0.25) is 0 Å². The summed E-state index contributed by atoms with van der Waals surface area (Å²) in [6.45, 7) is 0. The van der Waals surface area contributed by atoms with Crippen LogP contribution in [0.2, 0.25) is 0 Å². The van der Waals surface area contributed by atoms with Gasteiger partial charge in [-0.3, -0.25) is 0 Å². The van der Waals surface area contributed by atoms with E-state index in [2.05, 4.69) is 4.31 Å². The Kier molecular flexibility index (Phi) is 16.2. The summed E-state index contributed by atoms with van der Waals surface area (Å²) in [5.41, 5.74) is 0. The molecule has 0 N–H and O–H groups in total. The zero-order chi connectivity index (χ0) is 7.71. The van der Waals surface area contributed by atoms with Crippen LogP contribution in [0.15, 0.2) is 0 Å². The maximum Gasteiger partial charge on any atom is 3.00 e. The Morgan fingerprint density at radius 3 is 1.08 bits per heavy atom. The first-order valence-electron chi connectivity index (χ1n) is 1.46. The smallest absolute Gasteiger partial charge is 0.790 e. The fourth-order valence-corrected chi connectivity index (χ4v) is 1.10. The van der Waals surface area contributed by atoms with Crippen molar-refractivity contribution in [3.63, 3.8) is 0 Å². The van der Waals surface area contributed by atoms with Crippen molar-refractivity contribution in [3.05, 3.63) is 0 Å². The van der Waals surface area contributed by atoms with Gasteiger partial charge in [-0.2, -0.15) is 0 Å². The van der Waals surface area contributed by atoms with Gasteiger partial charge in [0.25, 0.3) is 0 Å². The third kappa shape index (κ3) is 22.7. The fraction of sp³-hybridized carbons (Fsp3) is 0. The molecule has 12 heavy (non-hydrogen) atoms. The Hall–Kier alpha value is 1.91. The SMILES string of the molecule is O=P([O-])([O-])OP(=O)([O-])[O-].[Al+3].[Fe].[Li+]. The maximum atomic E-state index is 9.32. The summed E-state index contributed by atoms with van der Waals surface area (Å²) in [5, 5.41) is 0. The van der Waals surface area contributed by atoms with Gasteiger partial charge in [-0.1, -0.05) is 0 Å². The minimum absolute atomic E-state index is 0. The summed E-state index contributed by atoms with van der Waals surface area (Å²) >= 11 is 0. The fourth-order valence-electron chi connectivity index (χ4n) is 0.122. The average molecular weight is 264 g/mol. The molecular weight excluding hydrogens is 264 g/mol. The Bertz CT molecular complexity index is 162. The number of phosphoric acid groups is 2. The van der Waals surface area contributed by atoms with Gasteiger partial charge in [-0.15, -0.1) is 0 Å². The number of hydrogen-bond donors (Lipinski definition) is 0. The van der Waals surface area contributed by atoms with Crippen LogP contribution in [0.25, 0.3) is 0 Å². The molecule has 12 heteroatoms. The molecule has 0 saturated heterocycles. The molecule has 0 aromatic heterocycles. The number of rotatable bonds is 2. The molecule has 0 aromatic rings. The van der Waals surface area contributed by atoms with Crippen molar-refractivity contribution in [2.45, 2.75) is 0 Å². The topological polar surface area (TPSA) is 136 Å². The second-order valence-corrected chi connectivity index (χ2v) is 3.42. The van der Waals surface area contributed by atoms with Crippen LogP contribution >= 0.6 is 15.6 Å². The zero-order valence-corrected chi connectivity index (χ0v) is 9.73. The second kappa shape index (κ2) is 8.24. The van der Waals surface area contributed by atoms with Gasteiger partial charge in [0.05, 0.1) is 15.6 Å². The minimum atomic E-state index is -5.68. The van der Waals surface area contributed by atoms with Crippen molar-refractivity contribution >= 4 is 33.0 Å². The molecule has 0 unspecified atom stereocenters. The van der Waals surface area contributed by atoms with Crippen molar-refractivity contribution in [3.8, 4) is 0 Å². The predicted molar refractivity (Wildman–Crippen MR) is 22.1 cm³/mol. The second-order valence-electron chi connectivity index (χ2n) is 0.976. The van der Waals surface area contributed by atoms with Gasteiger partial charge < -0.3 is 33.0 Å². The maximum absolute atomic E-state index is 9.32. The molecule has 0 aliphatic heterocycles. The summed E-state index contributed by atoms with van der Waals surface area (Å²) in [4.78, 5) is 37.3. The average Bonchev–Trinajstić information content (AvgIpc) is 1.14. The van der Waals surface area contributed by atoms with Crippen molar-refractivity contribution in [2.75, 3.05) is 0 Å². The van der Waals surface area contributed by atoms with Crippen molar-refractivity contribution < 1.29 is 68.9 Å². The van der Waals surface area contributed by atoms with E-state index in [4.69, 9.17) is 0 Å². The monoisotopic (exact) mass is 264 g/mol. The van der Waals surface area contributed by atoms with E-state index < -0.39 is 15.6 Å². The van der Waals surface area contributed by atoms with Gasteiger partial charge in [0.1, 0.15) is 0 Å². The van der Waals surface area contributed by atoms with E-state index in [1.54, 1.807) is 0 Å². The number of hydrogen-bond acceptors (Lipinski definition) is 7. The predicted octanol–water partition coefficient (Wildman–Crippen LogP) is -6.72. The van der Waals surface area contributed by atoms with Gasteiger partial charge in [0, 0.05) is 17.1 Å². The van der Waals surface area contributed by atoms with E-state index >= 15 is 0 Å². The Morgan fingerprint density at radius 1 is 0.917 bits per heavy atom. The minimum Gasteiger partial charge on any atom is -0.790 e. The van der Waals surface area contributed by atoms with E-state index in [0.717, 1.165) is 0 Å². The summed E-state index contributed by atoms with van der Waals surface area (Å²) in [6.07, 6.45) is 0. The van der Waals surface area contributed by atoms with Gasteiger partial charge in [-0.05, 0) is 0 Å². The summed E-state index contributed by atoms with van der Waals surface area (Å²) < 4.78 is 21.2. The standard InChI is InChI=1S/Al.Fe.Li.H4O7P2/c;;;1-8(2,3)7-9(4,5)6/h;;;(H2,1,2,3)(H2,4,5,6)/q+3;;+1;/p-4. The normalized spacial score (nSPS) is 10.3. The van der Waals surface area contributed by atoms with Crippen LogP contribution in [0.1, 0.15) is 0 Å². The van der Waals surface area contributed by atoms with Crippen LogP contribution in [0, 0.1) is 0 Å². The molecule has 0 spiro atoms. The largest absolute Gasteiger partial charge is 3.00 e. The molecule has 0 aromatic carbocycles. The van der Waals surface area contributed by atoms with Crippen molar-refractivity contribution in [1.29, 1.82) is 0 Å². The first-order chi connectivity index (χ1) is 3.71. The molecule has 0 atom stereocenters. The Balaban J connectivity index is -0.000000107. The van der Waals surface area contributed by atoms with Gasteiger partial charge >= 0.3 is 36.2 Å². The third-order valence-corrected chi connectivity index (χ3v) is 1.80. The third-order valence-electron chi connectivity index (χ3n) is 0.200. The molecule has 0 fully saturated rings. The van der Waals surface area contributed by atoms with E-state index in [1.807, 2.05) is 0 Å². The molecule has 0 heterocycles. The van der Waals surface area contributed by atoms with Crippen molar-refractivity contribution in [2.24, 2.45) is 0 Å². The molecular formula is AlFeLiO7P2.